The second kappa shape index (κ2) is 7.54. The molecule has 3 aromatic carbocycles. The van der Waals surface area contributed by atoms with Gasteiger partial charge in [-0.3, -0.25) is 0 Å². The van der Waals surface area contributed by atoms with Crippen molar-refractivity contribution in [3.05, 3.63) is 64.6 Å². The Bertz CT molecular complexity index is 1280. The highest BCUT2D eigenvalue weighted by Crippen LogP contribution is 2.37. The first-order valence-electron chi connectivity index (χ1n) is 9.92. The average Bonchev–Trinajstić information content (AvgIpc) is 2.66. The van der Waals surface area contributed by atoms with Crippen LogP contribution in [0.3, 0.4) is 0 Å². The van der Waals surface area contributed by atoms with E-state index in [4.69, 9.17) is 9.58 Å². The largest absolute Gasteiger partial charge is 0.867 e. The fourth-order valence-electron chi connectivity index (χ4n) is 3.27. The summed E-state index contributed by atoms with van der Waals surface area (Å²) in [5.74, 6) is -0.333. The van der Waals surface area contributed by atoms with Crippen LogP contribution in [0.25, 0.3) is 15.7 Å². The second-order valence-electron chi connectivity index (χ2n) is 9.65. The number of fused-ring (bicyclic) bond motifs is 1. The lowest BCUT2D eigenvalue weighted by molar-refractivity contribution is -0.264. The van der Waals surface area contributed by atoms with Crippen molar-refractivity contribution in [1.29, 1.82) is 5.39 Å². The quantitative estimate of drug-likeness (QED) is 0.383. The Morgan fingerprint density at radius 1 is 0.871 bits per heavy atom. The van der Waals surface area contributed by atoms with Crippen LogP contribution in [0, 0.1) is 5.39 Å². The molecular formula is C24H26N2O4S. The molecule has 6 nitrogen and oxygen atoms in total. The molecule has 0 unspecified atom stereocenters. The molecule has 0 spiro atoms. The van der Waals surface area contributed by atoms with Crippen LogP contribution in [-0.4, -0.2) is 8.42 Å². The van der Waals surface area contributed by atoms with Gasteiger partial charge >= 0.3 is 15.8 Å². The maximum atomic E-state index is 13.2. The van der Waals surface area contributed by atoms with Gasteiger partial charge in [0.2, 0.25) is 5.39 Å². The standard InChI is InChI=1S/C24H26N2O4S/c1-23(2,3)15-12-16(24(4,5)6)14-17(13-15)30-31(28,29)21-9-7-8-19-18(21)10-11-20(26-25)22(19)27/h7-14H,1-6H3. The van der Waals surface area contributed by atoms with Crippen molar-refractivity contribution in [2.24, 2.45) is 0 Å². The zero-order valence-corrected chi connectivity index (χ0v) is 19.4. The molecule has 0 bridgehead atoms. The van der Waals surface area contributed by atoms with E-state index in [-0.39, 0.29) is 37.9 Å². The van der Waals surface area contributed by atoms with E-state index >= 15 is 0 Å². The van der Waals surface area contributed by atoms with E-state index in [1.165, 1.54) is 30.3 Å². The summed E-state index contributed by atoms with van der Waals surface area (Å²) in [5.41, 5.74) is 1.35. The lowest BCUT2D eigenvalue weighted by atomic mass is 9.80. The molecule has 0 saturated heterocycles. The number of nitrogens with zero attached hydrogens (tertiary/aromatic N) is 2. The molecule has 0 aliphatic carbocycles. The van der Waals surface area contributed by atoms with Crippen LogP contribution < -0.4 is 9.29 Å². The topological polar surface area (TPSA) is 94.6 Å². The molecular weight excluding hydrogens is 412 g/mol. The Morgan fingerprint density at radius 3 is 1.97 bits per heavy atom. The Hall–Kier alpha value is -3.11. The molecule has 3 aromatic rings. The van der Waals surface area contributed by atoms with Crippen molar-refractivity contribution in [1.82, 2.24) is 0 Å². The normalized spacial score (nSPS) is 12.5. The Labute approximate surface area is 183 Å². The summed E-state index contributed by atoms with van der Waals surface area (Å²) in [6.07, 6.45) is 0. The number of benzene rings is 3. The number of hydrogen-bond acceptors (Lipinski definition) is 5. The third kappa shape index (κ3) is 4.49. The molecule has 0 aromatic heterocycles. The lowest BCUT2D eigenvalue weighted by Crippen LogP contribution is -2.18. The fraction of sp³-hybridized carbons (Fsp3) is 0.333. The summed E-state index contributed by atoms with van der Waals surface area (Å²) < 4.78 is 32.0. The van der Waals surface area contributed by atoms with E-state index in [1.807, 2.05) is 0 Å². The van der Waals surface area contributed by atoms with Crippen molar-refractivity contribution >= 4 is 26.6 Å². The van der Waals surface area contributed by atoms with Gasteiger partial charge in [0.25, 0.3) is 0 Å². The van der Waals surface area contributed by atoms with E-state index < -0.39 is 15.9 Å². The van der Waals surface area contributed by atoms with Gasteiger partial charge in [0.05, 0.1) is 0 Å². The van der Waals surface area contributed by atoms with Gasteiger partial charge in [0.15, 0.2) is 4.98 Å². The zero-order chi connectivity index (χ0) is 23.2. The second-order valence-corrected chi connectivity index (χ2v) is 11.2. The smallest absolute Gasteiger partial charge is 0.378 e. The molecule has 0 aliphatic heterocycles. The predicted molar refractivity (Wildman–Crippen MR) is 120 cm³/mol. The van der Waals surface area contributed by atoms with E-state index in [9.17, 15) is 13.5 Å². The van der Waals surface area contributed by atoms with Gasteiger partial charge in [-0.1, -0.05) is 59.7 Å². The van der Waals surface area contributed by atoms with Crippen LogP contribution in [-0.2, 0) is 20.9 Å². The molecule has 0 radical (unpaired) electrons. The van der Waals surface area contributed by atoms with Crippen molar-refractivity contribution in [3.63, 3.8) is 0 Å². The maximum Gasteiger partial charge on any atom is 0.378 e. The van der Waals surface area contributed by atoms with Crippen molar-refractivity contribution in [2.45, 2.75) is 57.3 Å². The minimum absolute atomic E-state index is 0.120. The maximum absolute atomic E-state index is 13.2. The predicted octanol–water partition coefficient (Wildman–Crippen LogP) is 5.76. The SMILES string of the molecule is CC(C)(C)c1cc(OS(=O)(=O)c2cccc3c([O-])c([N+]#N)ccc23)cc(C(C)(C)C)c1. The first kappa shape index (κ1) is 22.6. The molecule has 0 N–H and O–H groups in total. The van der Waals surface area contributed by atoms with E-state index in [2.05, 4.69) is 52.6 Å². The van der Waals surface area contributed by atoms with Crippen LogP contribution in [0.5, 0.6) is 11.5 Å². The van der Waals surface area contributed by atoms with Gasteiger partial charge in [-0.05, 0) is 57.4 Å². The summed E-state index contributed by atoms with van der Waals surface area (Å²) in [6.45, 7) is 12.3. The zero-order valence-electron chi connectivity index (χ0n) is 18.6. The van der Waals surface area contributed by atoms with Gasteiger partial charge in [-0.2, -0.15) is 8.42 Å². The van der Waals surface area contributed by atoms with Crippen LogP contribution in [0.4, 0.5) is 5.69 Å². The summed E-state index contributed by atoms with van der Waals surface area (Å²) in [7, 11) is -4.23. The highest BCUT2D eigenvalue weighted by molar-refractivity contribution is 7.87. The fourth-order valence-corrected chi connectivity index (χ4v) is 4.40. The first-order chi connectivity index (χ1) is 14.2. The van der Waals surface area contributed by atoms with Crippen LogP contribution in [0.15, 0.2) is 53.4 Å². The Balaban J connectivity index is 2.16. The van der Waals surface area contributed by atoms with Gasteiger partial charge in [-0.25, -0.2) is 0 Å². The molecule has 0 aliphatic rings. The first-order valence-corrected chi connectivity index (χ1v) is 11.3. The van der Waals surface area contributed by atoms with Crippen molar-refractivity contribution in [2.75, 3.05) is 0 Å². The minimum atomic E-state index is -4.23. The molecule has 0 amide bonds. The van der Waals surface area contributed by atoms with Gasteiger partial charge in [0.1, 0.15) is 10.6 Å². The average molecular weight is 439 g/mol. The Morgan fingerprint density at radius 2 is 1.45 bits per heavy atom. The number of diazo groups is 1. The van der Waals surface area contributed by atoms with Crippen LogP contribution in [0.2, 0.25) is 0 Å². The summed E-state index contributed by atoms with van der Waals surface area (Å²) in [6, 6.07) is 12.6. The summed E-state index contributed by atoms with van der Waals surface area (Å²) in [4.78, 5) is 2.83. The van der Waals surface area contributed by atoms with Crippen molar-refractivity contribution in [3.8, 4) is 11.5 Å². The molecule has 0 heterocycles. The molecule has 7 heteroatoms. The lowest BCUT2D eigenvalue weighted by Gasteiger charge is -2.26. The minimum Gasteiger partial charge on any atom is -0.867 e. The molecule has 162 valence electrons. The molecule has 0 atom stereocenters. The van der Waals surface area contributed by atoms with Crippen LogP contribution >= 0.6 is 0 Å². The number of hydrogen-bond donors (Lipinski definition) is 0. The van der Waals surface area contributed by atoms with E-state index in [0.717, 1.165) is 11.1 Å². The summed E-state index contributed by atoms with van der Waals surface area (Å²) >= 11 is 0. The third-order valence-electron chi connectivity index (χ3n) is 5.17. The highest BCUT2D eigenvalue weighted by atomic mass is 32.2. The monoisotopic (exact) mass is 438 g/mol. The van der Waals surface area contributed by atoms with E-state index in [0.29, 0.717) is 0 Å². The van der Waals surface area contributed by atoms with Gasteiger partial charge < -0.3 is 9.29 Å². The van der Waals surface area contributed by atoms with Gasteiger partial charge in [0, 0.05) is 11.5 Å². The highest BCUT2D eigenvalue weighted by Gasteiger charge is 2.25. The molecule has 3 rings (SSSR count). The van der Waals surface area contributed by atoms with E-state index in [1.54, 1.807) is 12.1 Å². The third-order valence-corrected chi connectivity index (χ3v) is 6.48. The summed E-state index contributed by atoms with van der Waals surface area (Å²) in [5, 5.41) is 21.7. The van der Waals surface area contributed by atoms with Crippen molar-refractivity contribution < 1.29 is 17.7 Å². The van der Waals surface area contributed by atoms with Gasteiger partial charge in [-0.15, -0.1) is 0 Å². The molecule has 0 fully saturated rings. The molecule has 31 heavy (non-hydrogen) atoms. The van der Waals surface area contributed by atoms with Crippen LogP contribution in [0.1, 0.15) is 52.7 Å². The number of rotatable bonds is 3. The molecule has 0 saturated carbocycles. The Kier molecular flexibility index (Phi) is 5.49.